The molecule has 0 saturated carbocycles. The van der Waals surface area contributed by atoms with E-state index in [0.717, 1.165) is 22.2 Å². The van der Waals surface area contributed by atoms with Gasteiger partial charge in [0.1, 0.15) is 23.5 Å². The van der Waals surface area contributed by atoms with E-state index in [4.69, 9.17) is 19.6 Å². The van der Waals surface area contributed by atoms with Gasteiger partial charge < -0.3 is 14.6 Å². The van der Waals surface area contributed by atoms with Gasteiger partial charge in [0, 0.05) is 41.6 Å². The summed E-state index contributed by atoms with van der Waals surface area (Å²) in [4.78, 5) is 18.4. The molecule has 0 radical (unpaired) electrons. The molecule has 2 atom stereocenters. The first kappa shape index (κ1) is 27.7. The molecule has 0 aromatic heterocycles. The smallest absolute Gasteiger partial charge is 0.266 e. The molecule has 1 aliphatic heterocycles. The third-order valence-electron chi connectivity index (χ3n) is 6.27. The molecule has 0 fully saturated rings. The van der Waals surface area contributed by atoms with E-state index in [0.29, 0.717) is 30.2 Å². The highest BCUT2D eigenvalue weighted by Gasteiger charge is 2.50. The topological polar surface area (TPSA) is 92.2 Å². The van der Waals surface area contributed by atoms with Crippen LogP contribution in [0.2, 0.25) is 0 Å². The Morgan fingerprint density at radius 2 is 1.82 bits per heavy atom. The molecule has 1 heterocycles. The largest absolute Gasteiger partial charge is 0.494 e. The molecule has 3 aromatic carbocycles. The summed E-state index contributed by atoms with van der Waals surface area (Å²) in [5, 5.41) is 8.92. The Labute approximate surface area is 228 Å². The number of ether oxygens (including phenoxy) is 2. The summed E-state index contributed by atoms with van der Waals surface area (Å²) in [5.74, 6) is -0.999. The molecule has 3 N–H and O–H groups in total. The van der Waals surface area contributed by atoms with Gasteiger partial charge in [0.05, 0.1) is 6.61 Å². The number of aliphatic hydroxyl groups excluding tert-OH is 1. The van der Waals surface area contributed by atoms with Crippen molar-refractivity contribution in [3.05, 3.63) is 99.5 Å². The molecule has 4 rings (SSSR count). The van der Waals surface area contributed by atoms with Crippen LogP contribution in [0, 0.1) is 11.6 Å². The summed E-state index contributed by atoms with van der Waals surface area (Å²) < 4.78 is 40.6. The van der Waals surface area contributed by atoms with Crippen molar-refractivity contribution >= 4 is 27.7 Å². The van der Waals surface area contributed by atoms with Gasteiger partial charge in [-0.3, -0.25) is 10.2 Å². The van der Waals surface area contributed by atoms with Crippen LogP contribution in [0.5, 0.6) is 5.75 Å². The number of carbonyl (C=O) groups is 1. The Bertz CT molecular complexity index is 1290. The first-order valence-electron chi connectivity index (χ1n) is 12.1. The lowest BCUT2D eigenvalue weighted by atomic mass is 9.86. The second kappa shape index (κ2) is 12.5. The zero-order valence-electron chi connectivity index (χ0n) is 20.7. The van der Waals surface area contributed by atoms with Gasteiger partial charge in [0.2, 0.25) is 5.90 Å². The van der Waals surface area contributed by atoms with E-state index in [9.17, 15) is 13.6 Å². The number of carbonyl (C=O) groups excluding carboxylic acids is 1. The lowest BCUT2D eigenvalue weighted by molar-refractivity contribution is -0.129. The van der Waals surface area contributed by atoms with E-state index >= 15 is 0 Å². The van der Waals surface area contributed by atoms with Crippen molar-refractivity contribution in [3.63, 3.8) is 0 Å². The summed E-state index contributed by atoms with van der Waals surface area (Å²) >= 11 is 3.54. The summed E-state index contributed by atoms with van der Waals surface area (Å²) in [7, 11) is 0. The number of nitrogens with zero attached hydrogens (tertiary/aromatic N) is 1. The molecule has 0 saturated heterocycles. The third kappa shape index (κ3) is 6.20. The molecule has 200 valence electrons. The lowest BCUT2D eigenvalue weighted by Gasteiger charge is -2.28. The van der Waals surface area contributed by atoms with Crippen LogP contribution < -0.4 is 15.6 Å². The van der Waals surface area contributed by atoms with E-state index in [1.165, 1.54) is 6.07 Å². The standard InChI is InChI=1S/C28H28BrF2N3O4/c1-18-28(16-20-6-2-3-7-23(20)29,27(36)34-32-17-22-24(30)8-4-9-25(22)31)33-26(38-18)19-10-12-21(13-11-19)37-15-5-14-35/h2-4,6-13,18,32,35H,5,14-17H2,1H3,(H,34,36)/t18-,28-/m0/s1. The molecule has 1 aliphatic rings. The van der Waals surface area contributed by atoms with Crippen molar-refractivity contribution in [2.45, 2.75) is 38.0 Å². The molecule has 0 unspecified atom stereocenters. The van der Waals surface area contributed by atoms with Crippen LogP contribution in [0.3, 0.4) is 0 Å². The SMILES string of the molecule is C[C@@H]1OC(c2ccc(OCCCO)cc2)=N[C@]1(Cc1ccccc1Br)C(=O)NNCc1c(F)cccc1F. The minimum atomic E-state index is -1.36. The number of aliphatic imine (C=N–C) groups is 1. The quantitative estimate of drug-likeness (QED) is 0.228. The molecule has 38 heavy (non-hydrogen) atoms. The molecule has 1 amide bonds. The monoisotopic (exact) mass is 587 g/mol. The Morgan fingerprint density at radius 1 is 1.11 bits per heavy atom. The number of nitrogens with one attached hydrogen (secondary N) is 2. The Hall–Kier alpha value is -3.34. The van der Waals surface area contributed by atoms with Crippen LogP contribution in [0.15, 0.2) is 76.2 Å². The molecule has 3 aromatic rings. The fourth-order valence-corrected chi connectivity index (χ4v) is 4.52. The number of hydrazine groups is 1. The molecule has 0 bridgehead atoms. The van der Waals surface area contributed by atoms with Gasteiger partial charge in [-0.2, -0.15) is 0 Å². The first-order chi connectivity index (χ1) is 18.3. The molecule has 0 spiro atoms. The van der Waals surface area contributed by atoms with Gasteiger partial charge in [-0.1, -0.05) is 40.2 Å². The van der Waals surface area contributed by atoms with Crippen LogP contribution in [0.1, 0.15) is 30.0 Å². The van der Waals surface area contributed by atoms with E-state index in [1.54, 1.807) is 31.2 Å². The predicted octanol–water partition coefficient (Wildman–Crippen LogP) is 4.46. The number of halogens is 3. The van der Waals surface area contributed by atoms with Gasteiger partial charge in [-0.15, -0.1) is 0 Å². The van der Waals surface area contributed by atoms with E-state index < -0.39 is 29.2 Å². The van der Waals surface area contributed by atoms with Crippen LogP contribution in [0.25, 0.3) is 0 Å². The fourth-order valence-electron chi connectivity index (χ4n) is 4.10. The minimum Gasteiger partial charge on any atom is -0.494 e. The highest BCUT2D eigenvalue weighted by molar-refractivity contribution is 9.10. The normalized spacial score (nSPS) is 18.6. The number of hydrogen-bond acceptors (Lipinski definition) is 6. The molecule has 0 aliphatic carbocycles. The number of hydrogen-bond donors (Lipinski definition) is 3. The molecule has 7 nitrogen and oxygen atoms in total. The van der Waals surface area contributed by atoms with Gasteiger partial charge in [0.25, 0.3) is 5.91 Å². The first-order valence-corrected chi connectivity index (χ1v) is 12.9. The van der Waals surface area contributed by atoms with E-state index in [-0.39, 0.29) is 25.1 Å². The van der Waals surface area contributed by atoms with Gasteiger partial charge in [-0.05, 0) is 55.0 Å². The van der Waals surface area contributed by atoms with Gasteiger partial charge >= 0.3 is 0 Å². The van der Waals surface area contributed by atoms with E-state index in [1.807, 2.05) is 24.3 Å². The summed E-state index contributed by atoms with van der Waals surface area (Å²) in [6.07, 6.45) is 0.0830. The lowest BCUT2D eigenvalue weighted by Crippen LogP contribution is -2.55. The van der Waals surface area contributed by atoms with Crippen molar-refractivity contribution in [2.75, 3.05) is 13.2 Å². The number of amides is 1. The van der Waals surface area contributed by atoms with Crippen molar-refractivity contribution in [1.82, 2.24) is 10.9 Å². The van der Waals surface area contributed by atoms with Crippen LogP contribution in [-0.4, -0.2) is 41.8 Å². The fraction of sp³-hybridized carbons (Fsp3) is 0.286. The van der Waals surface area contributed by atoms with E-state index in [2.05, 4.69) is 26.8 Å². The van der Waals surface area contributed by atoms with Gasteiger partial charge in [-0.25, -0.2) is 19.2 Å². The minimum absolute atomic E-state index is 0.0480. The maximum Gasteiger partial charge on any atom is 0.266 e. The number of rotatable bonds is 11. The van der Waals surface area contributed by atoms with Crippen molar-refractivity contribution in [3.8, 4) is 5.75 Å². The Kier molecular flexibility index (Phi) is 9.09. The predicted molar refractivity (Wildman–Crippen MR) is 143 cm³/mol. The third-order valence-corrected chi connectivity index (χ3v) is 7.05. The van der Waals surface area contributed by atoms with Crippen molar-refractivity contribution < 1.29 is 28.2 Å². The highest BCUT2D eigenvalue weighted by Crippen LogP contribution is 2.34. The molecular formula is C28H28BrF2N3O4. The maximum atomic E-state index is 14.0. The maximum absolute atomic E-state index is 14.0. The molecule has 10 heteroatoms. The zero-order chi connectivity index (χ0) is 27.1. The summed E-state index contributed by atoms with van der Waals surface area (Å²) in [6, 6.07) is 18.2. The summed E-state index contributed by atoms with van der Waals surface area (Å²) in [5.41, 5.74) is 5.18. The second-order valence-electron chi connectivity index (χ2n) is 8.83. The second-order valence-corrected chi connectivity index (χ2v) is 9.68. The van der Waals surface area contributed by atoms with Crippen molar-refractivity contribution in [2.24, 2.45) is 4.99 Å². The Balaban J connectivity index is 1.58. The Morgan fingerprint density at radius 3 is 2.50 bits per heavy atom. The van der Waals surface area contributed by atoms with Crippen molar-refractivity contribution in [1.29, 1.82) is 0 Å². The van der Waals surface area contributed by atoms with Crippen LogP contribution in [-0.2, 0) is 22.5 Å². The average molecular weight is 588 g/mol. The summed E-state index contributed by atoms with van der Waals surface area (Å²) in [6.45, 7) is 1.95. The van der Waals surface area contributed by atoms with Crippen LogP contribution in [0.4, 0.5) is 8.78 Å². The van der Waals surface area contributed by atoms with Gasteiger partial charge in [0.15, 0.2) is 5.54 Å². The highest BCUT2D eigenvalue weighted by atomic mass is 79.9. The number of benzene rings is 3. The molecular weight excluding hydrogens is 560 g/mol. The number of aliphatic hydroxyl groups is 1. The average Bonchev–Trinajstić information content (AvgIpc) is 3.24. The van der Waals surface area contributed by atoms with Crippen LogP contribution >= 0.6 is 15.9 Å². The zero-order valence-corrected chi connectivity index (χ0v) is 22.3.